The van der Waals surface area contributed by atoms with Gasteiger partial charge in [0.2, 0.25) is 0 Å². The number of hydrogen-bond donors (Lipinski definition) is 0. The molecule has 0 saturated heterocycles. The van der Waals surface area contributed by atoms with Crippen LogP contribution in [-0.2, 0) is 4.84 Å². The minimum absolute atomic E-state index is 0.157. The monoisotopic (exact) mass is 257 g/mol. The highest BCUT2D eigenvalue weighted by Gasteiger charge is 2.21. The third-order valence-electron chi connectivity index (χ3n) is 3.35. The number of benzene rings is 1. The van der Waals surface area contributed by atoms with E-state index in [4.69, 9.17) is 4.84 Å². The summed E-state index contributed by atoms with van der Waals surface area (Å²) in [7, 11) is 0. The van der Waals surface area contributed by atoms with Crippen molar-refractivity contribution in [2.75, 3.05) is 11.6 Å². The highest BCUT2D eigenvalue weighted by atomic mass is 16.7. The Morgan fingerprint density at radius 2 is 2.11 bits per heavy atom. The summed E-state index contributed by atoms with van der Waals surface area (Å²) >= 11 is 0. The van der Waals surface area contributed by atoms with Crippen LogP contribution in [0.4, 0.5) is 5.69 Å². The molecule has 0 aliphatic carbocycles. The van der Waals surface area contributed by atoms with Crippen LogP contribution < -0.4 is 5.06 Å². The Morgan fingerprint density at radius 1 is 1.37 bits per heavy atom. The van der Waals surface area contributed by atoms with Gasteiger partial charge in [-0.3, -0.25) is 4.84 Å². The number of rotatable bonds is 4. The smallest absolute Gasteiger partial charge is 0.107 e. The minimum Gasteiger partial charge on any atom is -0.265 e. The van der Waals surface area contributed by atoms with Crippen molar-refractivity contribution in [3.05, 3.63) is 54.1 Å². The zero-order valence-electron chi connectivity index (χ0n) is 12.0. The van der Waals surface area contributed by atoms with Gasteiger partial charge in [-0.25, -0.2) is 5.06 Å². The van der Waals surface area contributed by atoms with E-state index in [0.29, 0.717) is 5.92 Å². The zero-order chi connectivity index (χ0) is 13.7. The standard InChI is InChI=1S/C17H23NO/c1-14(2)11-12-15(3)17-10-7-13-18(19-17)16-8-5-4-6-9-16/h4-11,15,17H,12-13H2,1-3H3/t15-,17-/m0/s1. The molecule has 19 heavy (non-hydrogen) atoms. The van der Waals surface area contributed by atoms with Crippen LogP contribution in [0.25, 0.3) is 0 Å². The number of allylic oxidation sites excluding steroid dienone is 2. The van der Waals surface area contributed by atoms with Gasteiger partial charge in [-0.05, 0) is 38.3 Å². The third kappa shape index (κ3) is 3.97. The lowest BCUT2D eigenvalue weighted by Crippen LogP contribution is -2.35. The second kappa shape index (κ2) is 6.58. The van der Waals surface area contributed by atoms with Crippen molar-refractivity contribution >= 4 is 5.69 Å². The lowest BCUT2D eigenvalue weighted by Gasteiger charge is -2.32. The molecule has 1 aliphatic heterocycles. The predicted octanol–water partition coefficient (Wildman–Crippen LogP) is 4.36. The third-order valence-corrected chi connectivity index (χ3v) is 3.35. The van der Waals surface area contributed by atoms with Crippen molar-refractivity contribution in [3.63, 3.8) is 0 Å². The Kier molecular flexibility index (Phi) is 4.80. The number of hydroxylamine groups is 1. The Bertz CT molecular complexity index is 446. The van der Waals surface area contributed by atoms with Crippen LogP contribution in [0.5, 0.6) is 0 Å². The molecule has 2 rings (SSSR count). The molecule has 102 valence electrons. The topological polar surface area (TPSA) is 12.5 Å². The van der Waals surface area contributed by atoms with Gasteiger partial charge in [0.05, 0.1) is 12.2 Å². The first-order valence-electron chi connectivity index (χ1n) is 6.96. The second-order valence-corrected chi connectivity index (χ2v) is 5.39. The summed E-state index contributed by atoms with van der Waals surface area (Å²) in [6, 6.07) is 10.3. The molecule has 2 atom stereocenters. The fraction of sp³-hybridized carbons (Fsp3) is 0.412. The molecule has 0 unspecified atom stereocenters. The van der Waals surface area contributed by atoms with E-state index in [9.17, 15) is 0 Å². The molecule has 2 heteroatoms. The molecule has 0 radical (unpaired) electrons. The van der Waals surface area contributed by atoms with Crippen LogP contribution in [-0.4, -0.2) is 12.6 Å². The van der Waals surface area contributed by atoms with Gasteiger partial charge in [-0.1, -0.05) is 48.9 Å². The summed E-state index contributed by atoms with van der Waals surface area (Å²) in [5, 5.41) is 1.98. The number of hydrogen-bond acceptors (Lipinski definition) is 2. The largest absolute Gasteiger partial charge is 0.265 e. The van der Waals surface area contributed by atoms with Crippen LogP contribution in [0, 0.1) is 5.92 Å². The first-order valence-corrected chi connectivity index (χ1v) is 6.96. The van der Waals surface area contributed by atoms with E-state index in [-0.39, 0.29) is 6.10 Å². The average molecular weight is 257 g/mol. The minimum atomic E-state index is 0.157. The van der Waals surface area contributed by atoms with Gasteiger partial charge in [0.25, 0.3) is 0 Å². The fourth-order valence-electron chi connectivity index (χ4n) is 2.13. The predicted molar refractivity (Wildman–Crippen MR) is 81.0 cm³/mol. The molecule has 1 heterocycles. The number of para-hydroxylation sites is 1. The van der Waals surface area contributed by atoms with Crippen LogP contribution in [0.2, 0.25) is 0 Å². The molecule has 1 aromatic rings. The van der Waals surface area contributed by atoms with E-state index >= 15 is 0 Å². The molecule has 0 aromatic heterocycles. The quantitative estimate of drug-likeness (QED) is 0.743. The van der Waals surface area contributed by atoms with Crippen molar-refractivity contribution in [1.82, 2.24) is 0 Å². The Labute approximate surface area is 116 Å². The van der Waals surface area contributed by atoms with Gasteiger partial charge in [0, 0.05) is 0 Å². The van der Waals surface area contributed by atoms with E-state index < -0.39 is 0 Å². The molecule has 0 N–H and O–H groups in total. The van der Waals surface area contributed by atoms with Gasteiger partial charge in [0.15, 0.2) is 0 Å². The van der Waals surface area contributed by atoms with Crippen molar-refractivity contribution < 1.29 is 4.84 Å². The normalized spacial score (nSPS) is 20.2. The van der Waals surface area contributed by atoms with Crippen LogP contribution in [0.3, 0.4) is 0 Å². The maximum atomic E-state index is 6.08. The average Bonchev–Trinajstić information content (AvgIpc) is 2.46. The molecule has 0 spiro atoms. The van der Waals surface area contributed by atoms with E-state index in [2.05, 4.69) is 51.1 Å². The summed E-state index contributed by atoms with van der Waals surface area (Å²) in [5.74, 6) is 0.484. The van der Waals surface area contributed by atoms with Crippen molar-refractivity contribution in [3.8, 4) is 0 Å². The maximum Gasteiger partial charge on any atom is 0.107 e. The zero-order valence-corrected chi connectivity index (χ0v) is 12.0. The van der Waals surface area contributed by atoms with Gasteiger partial charge >= 0.3 is 0 Å². The maximum absolute atomic E-state index is 6.08. The van der Waals surface area contributed by atoms with Gasteiger partial charge in [0.1, 0.15) is 6.10 Å². The number of nitrogens with zero attached hydrogens (tertiary/aromatic N) is 1. The van der Waals surface area contributed by atoms with Gasteiger partial charge in [-0.15, -0.1) is 0 Å². The summed E-state index contributed by atoms with van der Waals surface area (Å²) < 4.78 is 0. The molecule has 0 fully saturated rings. The fourth-order valence-corrected chi connectivity index (χ4v) is 2.13. The molecule has 0 saturated carbocycles. The number of anilines is 1. The summed E-state index contributed by atoms with van der Waals surface area (Å²) in [5.41, 5.74) is 2.48. The van der Waals surface area contributed by atoms with E-state index in [1.807, 2.05) is 23.3 Å². The lowest BCUT2D eigenvalue weighted by atomic mass is 9.98. The highest BCUT2D eigenvalue weighted by Crippen LogP contribution is 2.23. The first kappa shape index (κ1) is 13.9. The highest BCUT2D eigenvalue weighted by molar-refractivity contribution is 5.44. The summed E-state index contributed by atoms with van der Waals surface area (Å²) in [6.45, 7) is 7.33. The SMILES string of the molecule is CC(C)=CC[C@H](C)[C@@H]1C=CCN(c2ccccc2)O1. The van der Waals surface area contributed by atoms with Crippen molar-refractivity contribution in [2.45, 2.75) is 33.3 Å². The van der Waals surface area contributed by atoms with Crippen LogP contribution >= 0.6 is 0 Å². The van der Waals surface area contributed by atoms with Crippen molar-refractivity contribution in [2.24, 2.45) is 5.92 Å². The first-order chi connectivity index (χ1) is 9.16. The molecule has 0 amide bonds. The molecular weight excluding hydrogens is 234 g/mol. The Balaban J connectivity index is 1.99. The summed E-state index contributed by atoms with van der Waals surface area (Å²) in [4.78, 5) is 6.08. The Hall–Kier alpha value is -1.54. The molecular formula is C17H23NO. The van der Waals surface area contributed by atoms with E-state index in [0.717, 1.165) is 18.7 Å². The second-order valence-electron chi connectivity index (χ2n) is 5.39. The summed E-state index contributed by atoms with van der Waals surface area (Å²) in [6.07, 6.45) is 7.87. The van der Waals surface area contributed by atoms with E-state index in [1.165, 1.54) is 5.57 Å². The Morgan fingerprint density at radius 3 is 2.79 bits per heavy atom. The van der Waals surface area contributed by atoms with Crippen LogP contribution in [0.15, 0.2) is 54.1 Å². The van der Waals surface area contributed by atoms with Gasteiger partial charge < -0.3 is 0 Å². The molecule has 1 aromatic carbocycles. The molecule has 1 aliphatic rings. The van der Waals surface area contributed by atoms with Gasteiger partial charge in [-0.2, -0.15) is 0 Å². The van der Waals surface area contributed by atoms with Crippen molar-refractivity contribution in [1.29, 1.82) is 0 Å². The molecule has 0 bridgehead atoms. The lowest BCUT2D eigenvalue weighted by molar-refractivity contribution is 0.0273. The van der Waals surface area contributed by atoms with E-state index in [1.54, 1.807) is 0 Å². The molecule has 2 nitrogen and oxygen atoms in total. The van der Waals surface area contributed by atoms with Crippen LogP contribution in [0.1, 0.15) is 27.2 Å².